The third-order valence-electron chi connectivity index (χ3n) is 6.79. The summed E-state index contributed by atoms with van der Waals surface area (Å²) in [4.78, 5) is 38.2. The average Bonchev–Trinajstić information content (AvgIpc) is 3.64. The number of carbonyl (C=O) groups is 2. The highest BCUT2D eigenvalue weighted by Crippen LogP contribution is 2.39. The van der Waals surface area contributed by atoms with E-state index >= 15 is 0 Å². The Hall–Kier alpha value is -3.84. The number of hydrogen-bond donors (Lipinski definition) is 4. The lowest BCUT2D eigenvalue weighted by Crippen LogP contribution is -2.35. The second-order valence-electron chi connectivity index (χ2n) is 9.51. The molecule has 0 radical (unpaired) electrons. The first kappa shape index (κ1) is 25.8. The molecule has 198 valence electrons. The first-order valence-corrected chi connectivity index (χ1v) is 13.0. The third kappa shape index (κ3) is 4.98. The predicted molar refractivity (Wildman–Crippen MR) is 146 cm³/mol. The first-order chi connectivity index (χ1) is 18.3. The van der Waals surface area contributed by atoms with Gasteiger partial charge in [-0.1, -0.05) is 6.92 Å². The van der Waals surface area contributed by atoms with Crippen molar-refractivity contribution in [1.29, 1.82) is 0 Å². The normalized spacial score (nSPS) is 19.0. The molecule has 13 heteroatoms. The molecule has 4 aromatic rings. The van der Waals surface area contributed by atoms with E-state index in [1.54, 1.807) is 36.3 Å². The lowest BCUT2D eigenvalue weighted by molar-refractivity contribution is -0.129. The van der Waals surface area contributed by atoms with Gasteiger partial charge in [0.25, 0.3) is 0 Å². The zero-order chi connectivity index (χ0) is 26.9. The fraction of sp³-hybridized carbons (Fsp3) is 0.360. The monoisotopic (exact) mass is 581 g/mol. The van der Waals surface area contributed by atoms with Crippen LogP contribution in [0.4, 0.5) is 11.6 Å². The van der Waals surface area contributed by atoms with Crippen LogP contribution >= 0.6 is 15.9 Å². The quantitative estimate of drug-likeness (QED) is 0.244. The van der Waals surface area contributed by atoms with Crippen molar-refractivity contribution in [3.05, 3.63) is 41.5 Å². The summed E-state index contributed by atoms with van der Waals surface area (Å²) in [6.07, 6.45) is 7.20. The van der Waals surface area contributed by atoms with E-state index < -0.39 is 5.41 Å². The molecule has 0 saturated heterocycles. The van der Waals surface area contributed by atoms with E-state index in [1.165, 1.54) is 6.26 Å². The van der Waals surface area contributed by atoms with Gasteiger partial charge in [0, 0.05) is 37.7 Å². The van der Waals surface area contributed by atoms with Crippen LogP contribution in [-0.2, 0) is 9.59 Å². The fourth-order valence-corrected chi connectivity index (χ4v) is 5.27. The maximum Gasteiger partial charge on any atom is 0.227 e. The molecule has 0 unspecified atom stereocenters. The predicted octanol–water partition coefficient (Wildman–Crippen LogP) is 3.24. The Balaban J connectivity index is 1.48. The molecule has 1 aliphatic carbocycles. The summed E-state index contributed by atoms with van der Waals surface area (Å²) in [6.45, 7) is 2.21. The van der Waals surface area contributed by atoms with Crippen molar-refractivity contribution in [2.45, 2.75) is 38.6 Å². The number of fused-ring (bicyclic) bond motifs is 1. The third-order valence-corrected chi connectivity index (χ3v) is 7.37. The number of anilines is 2. The van der Waals surface area contributed by atoms with Crippen molar-refractivity contribution in [1.82, 2.24) is 30.0 Å². The summed E-state index contributed by atoms with van der Waals surface area (Å²) in [5.41, 5.74) is 7.51. The van der Waals surface area contributed by atoms with Gasteiger partial charge in [-0.3, -0.25) is 9.59 Å². The number of amides is 2. The number of hydrogen-bond acceptors (Lipinski definition) is 9. The number of rotatable bonds is 8. The maximum absolute atomic E-state index is 12.4. The number of halogens is 1. The molecule has 2 atom stereocenters. The fourth-order valence-electron chi connectivity index (χ4n) is 4.83. The highest BCUT2D eigenvalue weighted by atomic mass is 79.9. The molecule has 1 aliphatic rings. The van der Waals surface area contributed by atoms with Gasteiger partial charge in [0.1, 0.15) is 10.9 Å². The molecule has 0 aliphatic heterocycles. The Labute approximate surface area is 226 Å². The number of nitrogens with two attached hydrogens (primary N) is 1. The van der Waals surface area contributed by atoms with Crippen LogP contribution in [0, 0.1) is 5.41 Å². The largest absolute Gasteiger partial charge is 0.444 e. The van der Waals surface area contributed by atoms with Gasteiger partial charge in [-0.05, 0) is 53.4 Å². The SMILES string of the molecule is CNC(=O)[C@]1(C)CC[C@@H](Nc2ncc3c(Br)nn(-c4ccc(-c5ncco5)c(NC(=O)CCN)c4)c3n2)C1. The highest BCUT2D eigenvalue weighted by Gasteiger charge is 2.41. The lowest BCUT2D eigenvalue weighted by Gasteiger charge is -2.22. The second-order valence-corrected chi connectivity index (χ2v) is 10.3. The number of nitrogens with zero attached hydrogens (tertiary/aromatic N) is 5. The summed E-state index contributed by atoms with van der Waals surface area (Å²) >= 11 is 3.51. The molecule has 3 aromatic heterocycles. The summed E-state index contributed by atoms with van der Waals surface area (Å²) in [5, 5.41) is 14.4. The Morgan fingerprint density at radius 1 is 1.32 bits per heavy atom. The van der Waals surface area contributed by atoms with E-state index in [9.17, 15) is 9.59 Å². The minimum atomic E-state index is -0.420. The molecule has 5 rings (SSSR count). The smallest absolute Gasteiger partial charge is 0.227 e. The number of carbonyl (C=O) groups excluding carboxylic acids is 2. The van der Waals surface area contributed by atoms with Crippen molar-refractivity contribution >= 4 is 50.4 Å². The molecule has 0 bridgehead atoms. The van der Waals surface area contributed by atoms with Gasteiger partial charge in [0.2, 0.25) is 23.7 Å². The molecule has 12 nitrogen and oxygen atoms in total. The van der Waals surface area contributed by atoms with Crippen LogP contribution < -0.4 is 21.7 Å². The Bertz CT molecular complexity index is 1490. The highest BCUT2D eigenvalue weighted by molar-refractivity contribution is 9.10. The molecule has 5 N–H and O–H groups in total. The van der Waals surface area contributed by atoms with Crippen molar-refractivity contribution in [2.24, 2.45) is 11.1 Å². The minimum Gasteiger partial charge on any atom is -0.444 e. The van der Waals surface area contributed by atoms with E-state index in [4.69, 9.17) is 15.1 Å². The van der Waals surface area contributed by atoms with E-state index in [2.05, 4.69) is 46.9 Å². The van der Waals surface area contributed by atoms with Gasteiger partial charge in [-0.15, -0.1) is 0 Å². The van der Waals surface area contributed by atoms with Gasteiger partial charge in [0.05, 0.1) is 28.5 Å². The first-order valence-electron chi connectivity index (χ1n) is 12.3. The van der Waals surface area contributed by atoms with E-state index in [1.807, 2.05) is 13.0 Å². The summed E-state index contributed by atoms with van der Waals surface area (Å²) < 4.78 is 7.72. The topological polar surface area (TPSA) is 166 Å². The summed E-state index contributed by atoms with van der Waals surface area (Å²) in [6, 6.07) is 5.50. The van der Waals surface area contributed by atoms with Gasteiger partial charge >= 0.3 is 0 Å². The number of oxazole rings is 1. The van der Waals surface area contributed by atoms with Crippen LogP contribution in [0.15, 0.2) is 45.9 Å². The van der Waals surface area contributed by atoms with Crippen molar-refractivity contribution in [3.63, 3.8) is 0 Å². The van der Waals surface area contributed by atoms with E-state index in [0.717, 1.165) is 18.2 Å². The second kappa shape index (κ2) is 10.5. The van der Waals surface area contributed by atoms with Gasteiger partial charge in [-0.25, -0.2) is 14.6 Å². The van der Waals surface area contributed by atoms with Crippen molar-refractivity contribution in [3.8, 4) is 17.1 Å². The zero-order valence-corrected chi connectivity index (χ0v) is 22.6. The number of benzene rings is 1. The summed E-state index contributed by atoms with van der Waals surface area (Å²) in [5.74, 6) is 0.645. The van der Waals surface area contributed by atoms with Crippen LogP contribution in [0.25, 0.3) is 28.2 Å². The zero-order valence-electron chi connectivity index (χ0n) is 21.0. The molecule has 0 spiro atoms. The standard InChI is InChI=1S/C25H28BrN9O3/c1-25(23(37)28-2)7-5-14(12-25)31-24-30-13-17-20(26)34-35(21(17)33-24)15-3-4-16(22-29-9-10-38-22)18(11-15)32-19(36)6-8-27/h3-4,9-11,13-14H,5-8,12,27H2,1-2H3,(H,28,37)(H,32,36)(H,30,31,33)/t14-,25-/m1/s1. The van der Waals surface area contributed by atoms with Crippen molar-refractivity contribution in [2.75, 3.05) is 24.2 Å². The average molecular weight is 582 g/mol. The Morgan fingerprint density at radius 2 is 2.16 bits per heavy atom. The molecular formula is C25H28BrN9O3. The molecule has 38 heavy (non-hydrogen) atoms. The van der Waals surface area contributed by atoms with Crippen LogP contribution in [0.5, 0.6) is 0 Å². The molecule has 3 heterocycles. The molecule has 1 aromatic carbocycles. The van der Waals surface area contributed by atoms with Crippen LogP contribution in [-0.4, -0.2) is 56.2 Å². The van der Waals surface area contributed by atoms with Gasteiger partial charge in [0.15, 0.2) is 5.65 Å². The van der Waals surface area contributed by atoms with Crippen LogP contribution in [0.2, 0.25) is 0 Å². The van der Waals surface area contributed by atoms with Crippen LogP contribution in [0.3, 0.4) is 0 Å². The van der Waals surface area contributed by atoms with Gasteiger partial charge < -0.3 is 26.1 Å². The Morgan fingerprint density at radius 3 is 2.89 bits per heavy atom. The van der Waals surface area contributed by atoms with E-state index in [0.29, 0.717) is 45.4 Å². The number of aromatic nitrogens is 5. The molecule has 1 saturated carbocycles. The Kier molecular flexibility index (Phi) is 7.13. The molecular weight excluding hydrogens is 554 g/mol. The number of nitrogens with one attached hydrogen (secondary N) is 3. The van der Waals surface area contributed by atoms with Gasteiger partial charge in [-0.2, -0.15) is 10.1 Å². The molecule has 1 fully saturated rings. The maximum atomic E-state index is 12.4. The van der Waals surface area contributed by atoms with Crippen molar-refractivity contribution < 1.29 is 14.0 Å². The minimum absolute atomic E-state index is 0.0442. The lowest BCUT2D eigenvalue weighted by atomic mass is 9.87. The summed E-state index contributed by atoms with van der Waals surface area (Å²) in [7, 11) is 1.66. The van der Waals surface area contributed by atoms with Crippen LogP contribution in [0.1, 0.15) is 32.6 Å². The van der Waals surface area contributed by atoms with E-state index in [-0.39, 0.29) is 30.8 Å². The molecule has 2 amide bonds.